The summed E-state index contributed by atoms with van der Waals surface area (Å²) < 4.78 is 17.8. The number of hydrogen-bond donors (Lipinski definition) is 1. The van der Waals surface area contributed by atoms with Crippen LogP contribution in [0, 0.1) is 12.7 Å². The molecule has 4 heteroatoms. The predicted octanol–water partition coefficient (Wildman–Crippen LogP) is 2.70. The highest BCUT2D eigenvalue weighted by Gasteiger charge is 2.08. The van der Waals surface area contributed by atoms with Crippen molar-refractivity contribution >= 4 is 11.8 Å². The van der Waals surface area contributed by atoms with Gasteiger partial charge in [-0.25, -0.2) is 9.18 Å². The Morgan fingerprint density at radius 3 is 2.86 bits per heavy atom. The molecule has 0 aromatic heterocycles. The summed E-state index contributed by atoms with van der Waals surface area (Å²) in [6, 6.07) is 4.58. The lowest BCUT2D eigenvalue weighted by atomic mass is 10.2. The Labute approximate surface area is 81.9 Å². The van der Waals surface area contributed by atoms with E-state index < -0.39 is 11.9 Å². The second-order valence-corrected chi connectivity index (χ2v) is 2.78. The summed E-state index contributed by atoms with van der Waals surface area (Å²) in [6.45, 7) is 3.66. The number of benzene rings is 1. The van der Waals surface area contributed by atoms with E-state index in [-0.39, 0.29) is 12.3 Å². The van der Waals surface area contributed by atoms with Gasteiger partial charge in [0.2, 0.25) is 0 Å². The third-order valence-corrected chi connectivity index (χ3v) is 1.72. The lowest BCUT2D eigenvalue weighted by Crippen LogP contribution is -2.15. The fourth-order valence-corrected chi connectivity index (χ4v) is 1.06. The van der Waals surface area contributed by atoms with E-state index in [4.69, 9.17) is 0 Å². The molecule has 0 unspecified atom stereocenters. The average Bonchev–Trinajstić information content (AvgIpc) is 2.12. The van der Waals surface area contributed by atoms with Crippen LogP contribution in [0.1, 0.15) is 12.5 Å². The van der Waals surface area contributed by atoms with Crippen molar-refractivity contribution in [3.63, 3.8) is 0 Å². The van der Waals surface area contributed by atoms with Crippen LogP contribution < -0.4 is 5.32 Å². The zero-order chi connectivity index (χ0) is 10.6. The number of aryl methyl sites for hydroxylation is 1. The smallest absolute Gasteiger partial charge is 0.411 e. The van der Waals surface area contributed by atoms with Gasteiger partial charge in [0, 0.05) is 0 Å². The van der Waals surface area contributed by atoms with Gasteiger partial charge in [0.1, 0.15) is 5.82 Å². The van der Waals surface area contributed by atoms with Crippen LogP contribution in [0.3, 0.4) is 0 Å². The van der Waals surface area contributed by atoms with Gasteiger partial charge in [-0.1, -0.05) is 12.1 Å². The van der Waals surface area contributed by atoms with E-state index in [1.807, 2.05) is 0 Å². The maximum atomic E-state index is 13.2. The molecule has 76 valence electrons. The van der Waals surface area contributed by atoms with Crippen molar-refractivity contribution in [3.8, 4) is 0 Å². The third kappa shape index (κ3) is 2.45. The first-order chi connectivity index (χ1) is 6.65. The van der Waals surface area contributed by atoms with E-state index in [1.165, 1.54) is 6.07 Å². The Morgan fingerprint density at radius 1 is 1.57 bits per heavy atom. The quantitative estimate of drug-likeness (QED) is 0.791. The Balaban J connectivity index is 2.80. The molecule has 0 saturated heterocycles. The number of anilines is 1. The molecule has 1 N–H and O–H groups in total. The summed E-state index contributed by atoms with van der Waals surface area (Å²) in [5.41, 5.74) is 0.837. The van der Waals surface area contributed by atoms with Gasteiger partial charge in [-0.15, -0.1) is 0 Å². The van der Waals surface area contributed by atoms with Crippen LogP contribution in [-0.2, 0) is 4.74 Å². The van der Waals surface area contributed by atoms with Crippen molar-refractivity contribution in [2.24, 2.45) is 0 Å². The van der Waals surface area contributed by atoms with E-state index in [2.05, 4.69) is 10.1 Å². The van der Waals surface area contributed by atoms with Crippen LogP contribution in [0.2, 0.25) is 0 Å². The van der Waals surface area contributed by atoms with Gasteiger partial charge >= 0.3 is 6.09 Å². The molecule has 0 heterocycles. The van der Waals surface area contributed by atoms with Gasteiger partial charge in [-0.2, -0.15) is 0 Å². The number of carbonyl (C=O) groups is 1. The van der Waals surface area contributed by atoms with Crippen molar-refractivity contribution in [1.82, 2.24) is 0 Å². The minimum absolute atomic E-state index is 0.172. The summed E-state index contributed by atoms with van der Waals surface area (Å²) in [5.74, 6) is -0.460. The SMILES string of the molecule is CCOC(=O)Nc1c(C)cccc1F. The molecule has 1 amide bonds. The number of ether oxygens (including phenoxy) is 1. The third-order valence-electron chi connectivity index (χ3n) is 1.72. The zero-order valence-electron chi connectivity index (χ0n) is 8.13. The van der Waals surface area contributed by atoms with Gasteiger partial charge in [0.25, 0.3) is 0 Å². The summed E-state index contributed by atoms with van der Waals surface area (Å²) in [4.78, 5) is 11.0. The topological polar surface area (TPSA) is 38.3 Å². The van der Waals surface area contributed by atoms with E-state index in [9.17, 15) is 9.18 Å². The standard InChI is InChI=1S/C10H12FNO2/c1-3-14-10(13)12-9-7(2)5-4-6-8(9)11/h4-6H,3H2,1-2H3,(H,12,13). The average molecular weight is 197 g/mol. The summed E-state index contributed by atoms with van der Waals surface area (Å²) >= 11 is 0. The highest BCUT2D eigenvalue weighted by atomic mass is 19.1. The monoisotopic (exact) mass is 197 g/mol. The van der Waals surface area contributed by atoms with Crippen LogP contribution in [0.25, 0.3) is 0 Å². The van der Waals surface area contributed by atoms with Gasteiger partial charge in [-0.05, 0) is 25.5 Å². The maximum Gasteiger partial charge on any atom is 0.411 e. The fraction of sp³-hybridized carbons (Fsp3) is 0.300. The first-order valence-electron chi connectivity index (χ1n) is 4.34. The van der Waals surface area contributed by atoms with Crippen molar-refractivity contribution in [1.29, 1.82) is 0 Å². The molecule has 0 atom stereocenters. The molecular weight excluding hydrogens is 185 g/mol. The van der Waals surface area contributed by atoms with Crippen molar-refractivity contribution in [2.45, 2.75) is 13.8 Å². The van der Waals surface area contributed by atoms with Crippen LogP contribution in [0.4, 0.5) is 14.9 Å². The molecule has 0 bridgehead atoms. The highest BCUT2D eigenvalue weighted by molar-refractivity contribution is 5.85. The molecule has 14 heavy (non-hydrogen) atoms. The van der Waals surface area contributed by atoms with Gasteiger partial charge in [0.15, 0.2) is 0 Å². The molecule has 0 saturated carbocycles. The Hall–Kier alpha value is -1.58. The highest BCUT2D eigenvalue weighted by Crippen LogP contribution is 2.18. The van der Waals surface area contributed by atoms with E-state index >= 15 is 0 Å². The van der Waals surface area contributed by atoms with Gasteiger partial charge in [-0.3, -0.25) is 5.32 Å². The van der Waals surface area contributed by atoms with Gasteiger partial charge in [0.05, 0.1) is 12.3 Å². The first kappa shape index (κ1) is 10.5. The number of rotatable bonds is 2. The molecule has 3 nitrogen and oxygen atoms in total. The molecule has 0 radical (unpaired) electrons. The van der Waals surface area contributed by atoms with Crippen LogP contribution >= 0.6 is 0 Å². The van der Waals surface area contributed by atoms with Crippen molar-refractivity contribution in [3.05, 3.63) is 29.6 Å². The minimum Gasteiger partial charge on any atom is -0.450 e. The molecular formula is C10H12FNO2. The van der Waals surface area contributed by atoms with E-state index in [0.717, 1.165) is 0 Å². The summed E-state index contributed by atoms with van der Waals surface area (Å²) in [7, 11) is 0. The van der Waals surface area contributed by atoms with Crippen molar-refractivity contribution < 1.29 is 13.9 Å². The predicted molar refractivity (Wildman–Crippen MR) is 51.8 cm³/mol. The molecule has 0 fully saturated rings. The summed E-state index contributed by atoms with van der Waals surface area (Å²) in [6.07, 6.45) is -0.638. The number of halogens is 1. The molecule has 0 spiro atoms. The van der Waals surface area contributed by atoms with Crippen molar-refractivity contribution in [2.75, 3.05) is 11.9 Å². The second kappa shape index (κ2) is 4.60. The minimum atomic E-state index is -0.638. The zero-order valence-corrected chi connectivity index (χ0v) is 8.13. The number of amides is 1. The van der Waals surface area contributed by atoms with Gasteiger partial charge < -0.3 is 4.74 Å². The Morgan fingerprint density at radius 2 is 2.29 bits per heavy atom. The number of nitrogens with one attached hydrogen (secondary N) is 1. The summed E-state index contributed by atoms with van der Waals surface area (Å²) in [5, 5.41) is 2.34. The Bertz CT molecular complexity index is 319. The van der Waals surface area contributed by atoms with Crippen LogP contribution in [0.15, 0.2) is 18.2 Å². The molecule has 0 aliphatic carbocycles. The normalized spacial score (nSPS) is 9.64. The molecule has 0 aliphatic heterocycles. The lowest BCUT2D eigenvalue weighted by molar-refractivity contribution is 0.167. The first-order valence-corrected chi connectivity index (χ1v) is 4.34. The molecule has 1 rings (SSSR count). The largest absolute Gasteiger partial charge is 0.450 e. The maximum absolute atomic E-state index is 13.2. The van der Waals surface area contributed by atoms with Crippen LogP contribution in [-0.4, -0.2) is 12.7 Å². The molecule has 0 aliphatic rings. The lowest BCUT2D eigenvalue weighted by Gasteiger charge is -2.08. The second-order valence-electron chi connectivity index (χ2n) is 2.78. The molecule has 1 aromatic rings. The fourth-order valence-electron chi connectivity index (χ4n) is 1.06. The van der Waals surface area contributed by atoms with E-state index in [1.54, 1.807) is 26.0 Å². The van der Waals surface area contributed by atoms with E-state index in [0.29, 0.717) is 5.56 Å². The number of para-hydroxylation sites is 1. The van der Waals surface area contributed by atoms with Crippen LogP contribution in [0.5, 0.6) is 0 Å². The number of hydrogen-bond acceptors (Lipinski definition) is 2. The Kier molecular flexibility index (Phi) is 3.45. The molecule has 1 aromatic carbocycles. The number of carbonyl (C=O) groups excluding carboxylic acids is 1.